The van der Waals surface area contributed by atoms with Gasteiger partial charge in [-0.2, -0.15) is 0 Å². The van der Waals surface area contributed by atoms with Crippen LogP contribution in [0.1, 0.15) is 45.4 Å². The van der Waals surface area contributed by atoms with E-state index in [0.29, 0.717) is 24.6 Å². The summed E-state index contributed by atoms with van der Waals surface area (Å²) in [5.41, 5.74) is 2.09. The van der Waals surface area contributed by atoms with Crippen molar-refractivity contribution in [1.82, 2.24) is 0 Å². The maximum Gasteiger partial charge on any atom is 0.305 e. The molecule has 1 saturated carbocycles. The predicted molar refractivity (Wildman–Crippen MR) is 109 cm³/mol. The van der Waals surface area contributed by atoms with Gasteiger partial charge in [0, 0.05) is 23.7 Å². The maximum atomic E-state index is 14.6. The zero-order chi connectivity index (χ0) is 20.6. The van der Waals surface area contributed by atoms with Crippen molar-refractivity contribution in [3.63, 3.8) is 0 Å². The van der Waals surface area contributed by atoms with Crippen LogP contribution in [0.2, 0.25) is 0 Å². The molecule has 1 aliphatic rings. The first-order valence-corrected chi connectivity index (χ1v) is 10.2. The van der Waals surface area contributed by atoms with Crippen molar-refractivity contribution in [3.05, 3.63) is 48.0 Å². The van der Waals surface area contributed by atoms with E-state index in [9.17, 15) is 13.6 Å². The molecule has 0 heterocycles. The zero-order valence-corrected chi connectivity index (χ0v) is 16.7. The Hall–Kier alpha value is -2.63. The molecule has 6 heteroatoms. The second-order valence-corrected chi connectivity index (χ2v) is 7.20. The van der Waals surface area contributed by atoms with Crippen LogP contribution in [0.5, 0.6) is 5.75 Å². The highest BCUT2D eigenvalue weighted by molar-refractivity contribution is 5.78. The number of para-hydroxylation sites is 1. The van der Waals surface area contributed by atoms with Gasteiger partial charge in [-0.3, -0.25) is 4.79 Å². The Labute approximate surface area is 170 Å². The number of carbonyl (C=O) groups excluding carboxylic acids is 1. The number of hydrogen-bond donors (Lipinski definition) is 1. The number of carbonyl (C=O) groups is 1. The standard InChI is InChI=1S/C23H27F2NO3/c1-2-28-22(27)12-7-13-29-23-19(24)14-16(15-20(23)25)18-10-5-6-11-21(18)26-17-8-3-4-9-17/h5-6,10-11,14-15,17,26H,2-4,7-9,12-13H2,1H3. The van der Waals surface area contributed by atoms with E-state index in [2.05, 4.69) is 5.32 Å². The molecule has 0 aliphatic heterocycles. The van der Waals surface area contributed by atoms with E-state index >= 15 is 0 Å². The molecule has 3 rings (SSSR count). The van der Waals surface area contributed by atoms with Crippen LogP contribution in [-0.2, 0) is 9.53 Å². The average molecular weight is 403 g/mol. The fourth-order valence-corrected chi connectivity index (χ4v) is 3.63. The van der Waals surface area contributed by atoms with Crippen molar-refractivity contribution >= 4 is 11.7 Å². The van der Waals surface area contributed by atoms with Gasteiger partial charge in [-0.05, 0) is 49.9 Å². The summed E-state index contributed by atoms with van der Waals surface area (Å²) >= 11 is 0. The minimum absolute atomic E-state index is 0.0336. The third-order valence-electron chi connectivity index (χ3n) is 5.03. The van der Waals surface area contributed by atoms with E-state index in [4.69, 9.17) is 9.47 Å². The molecule has 0 bridgehead atoms. The molecule has 2 aromatic carbocycles. The van der Waals surface area contributed by atoms with Crippen molar-refractivity contribution in [2.75, 3.05) is 18.5 Å². The van der Waals surface area contributed by atoms with Crippen molar-refractivity contribution in [1.29, 1.82) is 0 Å². The number of benzene rings is 2. The van der Waals surface area contributed by atoms with Crippen molar-refractivity contribution in [2.24, 2.45) is 0 Å². The third-order valence-corrected chi connectivity index (χ3v) is 5.03. The van der Waals surface area contributed by atoms with E-state index in [1.807, 2.05) is 24.3 Å². The van der Waals surface area contributed by atoms with Crippen LogP contribution in [0.25, 0.3) is 11.1 Å². The summed E-state index contributed by atoms with van der Waals surface area (Å²) in [7, 11) is 0. The lowest BCUT2D eigenvalue weighted by molar-refractivity contribution is -0.143. The fraction of sp³-hybridized carbons (Fsp3) is 0.435. The summed E-state index contributed by atoms with van der Waals surface area (Å²) in [6, 6.07) is 10.5. The Morgan fingerprint density at radius 3 is 2.52 bits per heavy atom. The fourth-order valence-electron chi connectivity index (χ4n) is 3.63. The van der Waals surface area contributed by atoms with Gasteiger partial charge in [0.25, 0.3) is 0 Å². The van der Waals surface area contributed by atoms with Crippen LogP contribution in [0.4, 0.5) is 14.5 Å². The monoisotopic (exact) mass is 403 g/mol. The molecular formula is C23H27F2NO3. The lowest BCUT2D eigenvalue weighted by Crippen LogP contribution is -2.15. The molecule has 0 radical (unpaired) electrons. The molecule has 2 aromatic rings. The molecular weight excluding hydrogens is 376 g/mol. The summed E-state index contributed by atoms with van der Waals surface area (Å²) in [4.78, 5) is 11.3. The van der Waals surface area contributed by atoms with Crippen molar-refractivity contribution < 1.29 is 23.0 Å². The van der Waals surface area contributed by atoms with E-state index in [1.165, 1.54) is 25.0 Å². The number of anilines is 1. The van der Waals surface area contributed by atoms with E-state index < -0.39 is 17.4 Å². The molecule has 0 aromatic heterocycles. The third kappa shape index (κ3) is 5.68. The van der Waals surface area contributed by atoms with Gasteiger partial charge in [0.05, 0.1) is 13.2 Å². The zero-order valence-electron chi connectivity index (χ0n) is 16.7. The maximum absolute atomic E-state index is 14.6. The number of ether oxygens (including phenoxy) is 2. The van der Waals surface area contributed by atoms with Crippen LogP contribution < -0.4 is 10.1 Å². The summed E-state index contributed by atoms with van der Waals surface area (Å²) in [6.45, 7) is 2.06. The van der Waals surface area contributed by atoms with E-state index in [-0.39, 0.29) is 19.0 Å². The summed E-state index contributed by atoms with van der Waals surface area (Å²) in [6.07, 6.45) is 5.09. The normalized spacial score (nSPS) is 14.0. The summed E-state index contributed by atoms with van der Waals surface area (Å²) < 4.78 is 39.2. The van der Waals surface area contributed by atoms with E-state index in [1.54, 1.807) is 6.92 Å². The second-order valence-electron chi connectivity index (χ2n) is 7.20. The van der Waals surface area contributed by atoms with Gasteiger partial charge < -0.3 is 14.8 Å². The molecule has 1 aliphatic carbocycles. The van der Waals surface area contributed by atoms with Crippen LogP contribution in [0.15, 0.2) is 36.4 Å². The number of rotatable bonds is 9. The SMILES string of the molecule is CCOC(=O)CCCOc1c(F)cc(-c2ccccc2NC2CCCC2)cc1F. The summed E-state index contributed by atoms with van der Waals surface area (Å²) in [5, 5.41) is 3.50. The van der Waals surface area contributed by atoms with Crippen LogP contribution in [-0.4, -0.2) is 25.2 Å². The number of halogens is 2. The second kappa shape index (κ2) is 10.2. The highest BCUT2D eigenvalue weighted by Crippen LogP contribution is 2.34. The number of esters is 1. The Morgan fingerprint density at radius 1 is 1.14 bits per heavy atom. The Morgan fingerprint density at radius 2 is 1.83 bits per heavy atom. The van der Waals surface area contributed by atoms with Gasteiger partial charge in [0.1, 0.15) is 0 Å². The predicted octanol–water partition coefficient (Wildman–Crippen LogP) is 5.71. The van der Waals surface area contributed by atoms with Gasteiger partial charge >= 0.3 is 5.97 Å². The molecule has 0 spiro atoms. The van der Waals surface area contributed by atoms with E-state index in [0.717, 1.165) is 24.1 Å². The first-order valence-electron chi connectivity index (χ1n) is 10.2. The van der Waals surface area contributed by atoms with Crippen LogP contribution >= 0.6 is 0 Å². The van der Waals surface area contributed by atoms with Crippen molar-refractivity contribution in [3.8, 4) is 16.9 Å². The van der Waals surface area contributed by atoms with Gasteiger partial charge in [-0.25, -0.2) is 8.78 Å². The molecule has 1 N–H and O–H groups in total. The highest BCUT2D eigenvalue weighted by Gasteiger charge is 2.18. The minimum atomic E-state index is -0.758. The molecule has 0 unspecified atom stereocenters. The van der Waals surface area contributed by atoms with Crippen LogP contribution in [0.3, 0.4) is 0 Å². The van der Waals surface area contributed by atoms with Crippen LogP contribution in [0, 0.1) is 11.6 Å². The minimum Gasteiger partial charge on any atom is -0.488 e. The Bertz CT molecular complexity index is 812. The largest absolute Gasteiger partial charge is 0.488 e. The van der Waals surface area contributed by atoms with Gasteiger partial charge in [-0.1, -0.05) is 31.0 Å². The molecule has 0 amide bonds. The first kappa shape index (κ1) is 21.1. The highest BCUT2D eigenvalue weighted by atomic mass is 19.1. The first-order chi connectivity index (χ1) is 14.1. The Balaban J connectivity index is 1.70. The number of nitrogens with one attached hydrogen (secondary N) is 1. The molecule has 29 heavy (non-hydrogen) atoms. The topological polar surface area (TPSA) is 47.6 Å². The smallest absolute Gasteiger partial charge is 0.305 e. The lowest BCUT2D eigenvalue weighted by atomic mass is 10.0. The van der Waals surface area contributed by atoms with Gasteiger partial charge in [0.2, 0.25) is 0 Å². The lowest BCUT2D eigenvalue weighted by Gasteiger charge is -2.18. The molecule has 156 valence electrons. The molecule has 1 fully saturated rings. The molecule has 4 nitrogen and oxygen atoms in total. The summed E-state index contributed by atoms with van der Waals surface area (Å²) in [5.74, 6) is -2.28. The average Bonchev–Trinajstić information content (AvgIpc) is 3.20. The van der Waals surface area contributed by atoms with Gasteiger partial charge in [-0.15, -0.1) is 0 Å². The molecule has 0 saturated heterocycles. The Kier molecular flexibility index (Phi) is 7.44. The van der Waals surface area contributed by atoms with Crippen molar-refractivity contribution in [2.45, 2.75) is 51.5 Å². The quantitative estimate of drug-likeness (QED) is 0.430. The molecule has 0 atom stereocenters. The number of hydrogen-bond acceptors (Lipinski definition) is 4. The van der Waals surface area contributed by atoms with Gasteiger partial charge in [0.15, 0.2) is 17.4 Å².